The number of nitrogens with zero attached hydrogens (tertiary/aromatic N) is 1. The summed E-state index contributed by atoms with van der Waals surface area (Å²) in [6.45, 7) is 5.53. The lowest BCUT2D eigenvalue weighted by Gasteiger charge is -2.21. The van der Waals surface area contributed by atoms with Crippen molar-refractivity contribution in [1.82, 2.24) is 9.55 Å². The van der Waals surface area contributed by atoms with Gasteiger partial charge < -0.3 is 5.73 Å². The third-order valence-corrected chi connectivity index (χ3v) is 5.53. The predicted octanol–water partition coefficient (Wildman–Crippen LogP) is 1.84. The molecule has 1 aromatic carbocycles. The Kier molecular flexibility index (Phi) is 5.53. The summed E-state index contributed by atoms with van der Waals surface area (Å²) in [5.74, 6) is 1.31. The summed E-state index contributed by atoms with van der Waals surface area (Å²) in [5.41, 5.74) is 5.58. The summed E-state index contributed by atoms with van der Waals surface area (Å²) in [6, 6.07) is 5.03. The molecule has 1 saturated carbocycles. The normalized spacial score (nSPS) is 14.4. The Hall–Kier alpha value is -3.40. The summed E-state index contributed by atoms with van der Waals surface area (Å²) in [4.78, 5) is 52.8. The number of primary amides is 1. The Morgan fingerprint density at radius 2 is 1.93 bits per heavy atom. The standard InChI is InChI=1S/C23H25N3O4/c1-5-15-8-14(4)9-16(10-15)20(28)19-18(13(2)3)21(29)25-22(30)26(19)12-23(6-7-23)11-17(24)27/h1,8-10,13H,6-7,11-12H2,2-4H3,(H2,24,27)(H,25,29,30). The average Bonchev–Trinajstić information content (AvgIpc) is 3.40. The number of carbonyl (C=O) groups is 2. The van der Waals surface area contributed by atoms with Crippen LogP contribution in [0, 0.1) is 24.7 Å². The summed E-state index contributed by atoms with van der Waals surface area (Å²) >= 11 is 0. The Balaban J connectivity index is 2.24. The SMILES string of the molecule is C#Cc1cc(C)cc(C(=O)c2c(C(C)C)c(=O)[nH]c(=O)n2CC2(CC(N)=O)CC2)c1. The first-order chi connectivity index (χ1) is 14.1. The second-order valence-corrected chi connectivity index (χ2v) is 8.47. The molecule has 1 amide bonds. The Labute approximate surface area is 174 Å². The number of ketones is 1. The first kappa shape index (κ1) is 21.3. The molecule has 1 aliphatic carbocycles. The van der Waals surface area contributed by atoms with Crippen molar-refractivity contribution >= 4 is 11.7 Å². The van der Waals surface area contributed by atoms with Gasteiger partial charge in [0.15, 0.2) is 0 Å². The molecule has 0 aliphatic heterocycles. The number of carbonyl (C=O) groups excluding carboxylic acids is 2. The topological polar surface area (TPSA) is 115 Å². The van der Waals surface area contributed by atoms with Crippen molar-refractivity contribution in [2.24, 2.45) is 11.1 Å². The number of rotatable bonds is 7. The van der Waals surface area contributed by atoms with Gasteiger partial charge in [0.05, 0.1) is 0 Å². The number of aromatic nitrogens is 2. The number of nitrogens with two attached hydrogens (primary N) is 1. The van der Waals surface area contributed by atoms with Gasteiger partial charge in [-0.3, -0.25) is 23.9 Å². The monoisotopic (exact) mass is 407 g/mol. The van der Waals surface area contributed by atoms with Crippen molar-refractivity contribution in [2.75, 3.05) is 0 Å². The zero-order valence-corrected chi connectivity index (χ0v) is 17.4. The minimum atomic E-state index is -0.673. The van der Waals surface area contributed by atoms with Crippen molar-refractivity contribution < 1.29 is 9.59 Å². The van der Waals surface area contributed by atoms with Gasteiger partial charge in [0.25, 0.3) is 5.56 Å². The Bertz CT molecular complexity index is 1190. The number of terminal acetylenes is 1. The second kappa shape index (κ2) is 7.79. The summed E-state index contributed by atoms with van der Waals surface area (Å²) in [7, 11) is 0. The minimum absolute atomic E-state index is 0.0445. The Morgan fingerprint density at radius 1 is 1.27 bits per heavy atom. The van der Waals surface area contributed by atoms with Gasteiger partial charge in [-0.15, -0.1) is 6.42 Å². The molecule has 7 nitrogen and oxygen atoms in total. The van der Waals surface area contributed by atoms with Crippen molar-refractivity contribution in [3.63, 3.8) is 0 Å². The highest BCUT2D eigenvalue weighted by molar-refractivity contribution is 6.09. The van der Waals surface area contributed by atoms with Crippen LogP contribution in [0.1, 0.15) is 71.8 Å². The van der Waals surface area contributed by atoms with Crippen molar-refractivity contribution in [3.8, 4) is 12.3 Å². The van der Waals surface area contributed by atoms with Gasteiger partial charge in [-0.1, -0.05) is 19.8 Å². The molecule has 3 rings (SSSR count). The van der Waals surface area contributed by atoms with Gasteiger partial charge >= 0.3 is 5.69 Å². The van der Waals surface area contributed by atoms with Crippen LogP contribution in [0.15, 0.2) is 27.8 Å². The number of aryl methyl sites for hydroxylation is 1. The van der Waals surface area contributed by atoms with Crippen molar-refractivity contribution in [2.45, 2.75) is 52.5 Å². The number of hydrogen-bond acceptors (Lipinski definition) is 4. The van der Waals surface area contributed by atoms with Crippen LogP contribution in [-0.2, 0) is 11.3 Å². The minimum Gasteiger partial charge on any atom is -0.370 e. The van der Waals surface area contributed by atoms with Crippen LogP contribution < -0.4 is 17.0 Å². The van der Waals surface area contributed by atoms with Crippen LogP contribution in [0.2, 0.25) is 0 Å². The average molecular weight is 407 g/mol. The van der Waals surface area contributed by atoms with Crippen molar-refractivity contribution in [3.05, 3.63) is 67.0 Å². The van der Waals surface area contributed by atoms with Gasteiger partial charge in [0.1, 0.15) is 5.69 Å². The molecule has 1 aliphatic rings. The third kappa shape index (κ3) is 4.13. The van der Waals surface area contributed by atoms with Crippen LogP contribution >= 0.6 is 0 Å². The lowest BCUT2D eigenvalue weighted by Crippen LogP contribution is -2.40. The number of amides is 1. The van der Waals surface area contributed by atoms with E-state index >= 15 is 0 Å². The molecule has 0 spiro atoms. The van der Waals surface area contributed by atoms with E-state index < -0.39 is 28.4 Å². The molecule has 3 N–H and O–H groups in total. The molecule has 7 heteroatoms. The summed E-state index contributed by atoms with van der Waals surface area (Å²) in [5, 5.41) is 0. The molecule has 1 fully saturated rings. The molecule has 156 valence electrons. The van der Waals surface area contributed by atoms with E-state index in [4.69, 9.17) is 12.2 Å². The molecular weight excluding hydrogens is 382 g/mol. The first-order valence-electron chi connectivity index (χ1n) is 9.85. The quantitative estimate of drug-likeness (QED) is 0.538. The fraction of sp³-hybridized carbons (Fsp3) is 0.391. The van der Waals surface area contributed by atoms with Crippen LogP contribution in [0.4, 0.5) is 0 Å². The molecule has 2 aromatic rings. The second-order valence-electron chi connectivity index (χ2n) is 8.47. The molecule has 0 unspecified atom stereocenters. The number of hydrogen-bond donors (Lipinski definition) is 2. The highest BCUT2D eigenvalue weighted by Gasteiger charge is 2.45. The van der Waals surface area contributed by atoms with E-state index in [-0.39, 0.29) is 30.1 Å². The lowest BCUT2D eigenvalue weighted by atomic mass is 9.94. The van der Waals surface area contributed by atoms with E-state index in [1.165, 1.54) is 4.57 Å². The maximum atomic E-state index is 13.6. The molecular formula is C23H25N3O4. The lowest BCUT2D eigenvalue weighted by molar-refractivity contribution is -0.119. The Morgan fingerprint density at radius 3 is 2.47 bits per heavy atom. The van der Waals surface area contributed by atoms with Crippen LogP contribution in [-0.4, -0.2) is 21.2 Å². The van der Waals surface area contributed by atoms with Crippen LogP contribution in [0.5, 0.6) is 0 Å². The number of nitrogens with one attached hydrogen (secondary N) is 1. The molecule has 30 heavy (non-hydrogen) atoms. The molecule has 0 saturated heterocycles. The maximum absolute atomic E-state index is 13.6. The van der Waals surface area contributed by atoms with Gasteiger partial charge in [0.2, 0.25) is 11.7 Å². The fourth-order valence-corrected chi connectivity index (χ4v) is 3.92. The maximum Gasteiger partial charge on any atom is 0.328 e. The molecule has 1 aromatic heterocycles. The molecule has 0 bridgehead atoms. The highest BCUT2D eigenvalue weighted by atomic mass is 16.2. The summed E-state index contributed by atoms with van der Waals surface area (Å²) in [6.07, 6.45) is 7.07. The van der Waals surface area contributed by atoms with E-state index in [0.29, 0.717) is 11.1 Å². The predicted molar refractivity (Wildman–Crippen MR) is 113 cm³/mol. The van der Waals surface area contributed by atoms with E-state index in [9.17, 15) is 19.2 Å². The van der Waals surface area contributed by atoms with Gasteiger partial charge in [-0.2, -0.15) is 0 Å². The van der Waals surface area contributed by atoms with E-state index in [1.54, 1.807) is 32.0 Å². The fourth-order valence-electron chi connectivity index (χ4n) is 3.92. The molecule has 1 heterocycles. The number of aromatic amines is 1. The van der Waals surface area contributed by atoms with Crippen LogP contribution in [0.25, 0.3) is 0 Å². The highest BCUT2D eigenvalue weighted by Crippen LogP contribution is 2.50. The summed E-state index contributed by atoms with van der Waals surface area (Å²) < 4.78 is 1.30. The van der Waals surface area contributed by atoms with Crippen molar-refractivity contribution in [1.29, 1.82) is 0 Å². The zero-order valence-electron chi connectivity index (χ0n) is 17.4. The largest absolute Gasteiger partial charge is 0.370 e. The number of H-pyrrole nitrogens is 1. The van der Waals surface area contributed by atoms with E-state index in [0.717, 1.165) is 18.4 Å². The zero-order chi connectivity index (χ0) is 22.2. The van der Waals surface area contributed by atoms with E-state index in [2.05, 4.69) is 10.9 Å². The molecule has 0 radical (unpaired) electrons. The van der Waals surface area contributed by atoms with Gasteiger partial charge in [0, 0.05) is 29.7 Å². The smallest absolute Gasteiger partial charge is 0.328 e. The van der Waals surface area contributed by atoms with Gasteiger partial charge in [-0.25, -0.2) is 4.79 Å². The number of benzene rings is 1. The van der Waals surface area contributed by atoms with Gasteiger partial charge in [-0.05, 0) is 54.9 Å². The van der Waals surface area contributed by atoms with Crippen LogP contribution in [0.3, 0.4) is 0 Å². The van der Waals surface area contributed by atoms with E-state index in [1.807, 2.05) is 6.92 Å². The third-order valence-electron chi connectivity index (χ3n) is 5.53. The first-order valence-corrected chi connectivity index (χ1v) is 9.85. The molecule has 0 atom stereocenters.